The van der Waals surface area contributed by atoms with Crippen molar-refractivity contribution in [2.24, 2.45) is 0 Å². The van der Waals surface area contributed by atoms with Crippen molar-refractivity contribution >= 4 is 0 Å². The minimum Gasteiger partial charge on any atom is -0.390 e. The number of aliphatic hydroxyl groups excluding tert-OH is 1. The highest BCUT2D eigenvalue weighted by atomic mass is 19.1. The Hall–Kier alpha value is -3.04. The monoisotopic (exact) mass is 322 g/mol. The second-order valence-electron chi connectivity index (χ2n) is 5.48. The molecule has 0 aliphatic rings. The lowest BCUT2D eigenvalue weighted by atomic mass is 9.78. The summed E-state index contributed by atoms with van der Waals surface area (Å²) in [6.45, 7) is 1.64. The summed E-state index contributed by atoms with van der Waals surface area (Å²) >= 11 is 0. The lowest BCUT2D eigenvalue weighted by Gasteiger charge is -2.37. The Morgan fingerprint density at radius 2 is 1.71 bits per heavy atom. The normalized spacial score (nSPS) is 14.6. The third-order valence-corrected chi connectivity index (χ3v) is 4.12. The van der Waals surface area contributed by atoms with E-state index in [0.717, 1.165) is 0 Å². The largest absolute Gasteiger partial charge is 0.390 e. The van der Waals surface area contributed by atoms with E-state index in [2.05, 4.69) is 16.2 Å². The summed E-state index contributed by atoms with van der Waals surface area (Å²) in [5, 5.41) is 23.9. The predicted molar refractivity (Wildman–Crippen MR) is 85.4 cm³/mol. The SMILES string of the molecule is CC(O)C(c1ccc(F)cc1)(c1ccc(C#N)cc1)n1cncn1. The van der Waals surface area contributed by atoms with Gasteiger partial charge in [0.25, 0.3) is 0 Å². The van der Waals surface area contributed by atoms with E-state index in [4.69, 9.17) is 5.26 Å². The first-order valence-corrected chi connectivity index (χ1v) is 7.39. The Labute approximate surface area is 138 Å². The summed E-state index contributed by atoms with van der Waals surface area (Å²) < 4.78 is 14.9. The second kappa shape index (κ2) is 6.22. The molecule has 0 fully saturated rings. The van der Waals surface area contributed by atoms with Gasteiger partial charge in [-0.15, -0.1) is 0 Å². The average Bonchev–Trinajstić information content (AvgIpc) is 3.12. The van der Waals surface area contributed by atoms with E-state index in [1.54, 1.807) is 48.0 Å². The number of hydrogen-bond donors (Lipinski definition) is 1. The smallest absolute Gasteiger partial charge is 0.140 e. The van der Waals surface area contributed by atoms with Gasteiger partial charge in [-0.1, -0.05) is 24.3 Å². The Morgan fingerprint density at radius 1 is 1.12 bits per heavy atom. The van der Waals surface area contributed by atoms with E-state index in [-0.39, 0.29) is 5.82 Å². The zero-order valence-corrected chi connectivity index (χ0v) is 13.0. The first-order valence-electron chi connectivity index (χ1n) is 7.39. The maximum Gasteiger partial charge on any atom is 0.140 e. The molecule has 0 aliphatic carbocycles. The minimum absolute atomic E-state index is 0.364. The van der Waals surface area contributed by atoms with Crippen LogP contribution in [0.3, 0.4) is 0 Å². The molecule has 0 saturated heterocycles. The van der Waals surface area contributed by atoms with Crippen LogP contribution in [-0.4, -0.2) is 26.0 Å². The van der Waals surface area contributed by atoms with Crippen molar-refractivity contribution in [2.45, 2.75) is 18.6 Å². The van der Waals surface area contributed by atoms with E-state index in [1.165, 1.54) is 24.8 Å². The van der Waals surface area contributed by atoms with Gasteiger partial charge in [0.2, 0.25) is 0 Å². The van der Waals surface area contributed by atoms with Gasteiger partial charge in [-0.25, -0.2) is 14.1 Å². The van der Waals surface area contributed by atoms with Gasteiger partial charge in [0.15, 0.2) is 0 Å². The van der Waals surface area contributed by atoms with Crippen LogP contribution in [0.25, 0.3) is 0 Å². The number of hydrogen-bond acceptors (Lipinski definition) is 4. The van der Waals surface area contributed by atoms with E-state index in [0.29, 0.717) is 16.7 Å². The third kappa shape index (κ3) is 2.45. The van der Waals surface area contributed by atoms with Crippen LogP contribution < -0.4 is 0 Å². The van der Waals surface area contributed by atoms with Crippen molar-refractivity contribution in [3.63, 3.8) is 0 Å². The Morgan fingerprint density at radius 3 is 2.17 bits per heavy atom. The second-order valence-corrected chi connectivity index (χ2v) is 5.48. The van der Waals surface area contributed by atoms with Crippen molar-refractivity contribution in [3.05, 3.63) is 83.7 Å². The fraction of sp³-hybridized carbons (Fsp3) is 0.167. The van der Waals surface area contributed by atoms with Gasteiger partial charge >= 0.3 is 0 Å². The van der Waals surface area contributed by atoms with Crippen molar-refractivity contribution in [1.82, 2.24) is 14.8 Å². The quantitative estimate of drug-likeness (QED) is 0.800. The van der Waals surface area contributed by atoms with Crippen LogP contribution in [0.2, 0.25) is 0 Å². The third-order valence-electron chi connectivity index (χ3n) is 4.12. The topological polar surface area (TPSA) is 74.7 Å². The van der Waals surface area contributed by atoms with Crippen LogP contribution in [0.1, 0.15) is 23.6 Å². The number of benzene rings is 2. The van der Waals surface area contributed by atoms with Gasteiger partial charge in [0.1, 0.15) is 24.0 Å². The van der Waals surface area contributed by atoms with E-state index < -0.39 is 11.6 Å². The van der Waals surface area contributed by atoms with Crippen molar-refractivity contribution in [1.29, 1.82) is 5.26 Å². The number of aromatic nitrogens is 3. The van der Waals surface area contributed by atoms with E-state index >= 15 is 0 Å². The number of aliphatic hydroxyl groups is 1. The predicted octanol–water partition coefficient (Wildman–Crippen LogP) is 2.46. The van der Waals surface area contributed by atoms with Crippen molar-refractivity contribution < 1.29 is 9.50 Å². The molecule has 1 N–H and O–H groups in total. The lowest BCUT2D eigenvalue weighted by Crippen LogP contribution is -2.46. The molecule has 0 amide bonds. The van der Waals surface area contributed by atoms with Crippen molar-refractivity contribution in [2.75, 3.05) is 0 Å². The summed E-state index contributed by atoms with van der Waals surface area (Å²) in [5.41, 5.74) is 0.803. The summed E-state index contributed by atoms with van der Waals surface area (Å²) in [6, 6.07) is 14.8. The first-order chi connectivity index (χ1) is 11.6. The molecule has 1 heterocycles. The zero-order valence-electron chi connectivity index (χ0n) is 13.0. The molecule has 6 heteroatoms. The molecule has 0 radical (unpaired) electrons. The average molecular weight is 322 g/mol. The van der Waals surface area contributed by atoms with E-state index in [9.17, 15) is 9.50 Å². The van der Waals surface area contributed by atoms with Gasteiger partial charge in [-0.05, 0) is 42.3 Å². The van der Waals surface area contributed by atoms with E-state index in [1.807, 2.05) is 0 Å². The van der Waals surface area contributed by atoms with Gasteiger partial charge in [-0.3, -0.25) is 0 Å². The number of rotatable bonds is 4. The Kier molecular flexibility index (Phi) is 4.11. The summed E-state index contributed by atoms with van der Waals surface area (Å²) in [4.78, 5) is 3.99. The first kappa shape index (κ1) is 15.8. The molecule has 24 heavy (non-hydrogen) atoms. The molecule has 0 spiro atoms. The molecule has 0 saturated carbocycles. The molecular weight excluding hydrogens is 307 g/mol. The summed E-state index contributed by atoms with van der Waals surface area (Å²) in [5.74, 6) is -0.364. The van der Waals surface area contributed by atoms with Crippen LogP contribution >= 0.6 is 0 Å². The molecule has 2 atom stereocenters. The molecule has 2 unspecified atom stereocenters. The summed E-state index contributed by atoms with van der Waals surface area (Å²) in [7, 11) is 0. The fourth-order valence-electron chi connectivity index (χ4n) is 3.00. The molecule has 3 aromatic rings. The molecule has 0 aliphatic heterocycles. The number of nitrogens with zero attached hydrogens (tertiary/aromatic N) is 4. The van der Waals surface area contributed by atoms with Crippen molar-refractivity contribution in [3.8, 4) is 6.07 Å². The van der Waals surface area contributed by atoms with Crippen LogP contribution in [0.4, 0.5) is 4.39 Å². The van der Waals surface area contributed by atoms with Gasteiger partial charge in [0, 0.05) is 0 Å². The Bertz CT molecular complexity index is 852. The maximum atomic E-state index is 13.4. The molecular formula is C18H15FN4O. The highest BCUT2D eigenvalue weighted by Crippen LogP contribution is 2.37. The zero-order chi connectivity index (χ0) is 17.2. The lowest BCUT2D eigenvalue weighted by molar-refractivity contribution is 0.0930. The molecule has 5 nitrogen and oxygen atoms in total. The van der Waals surface area contributed by atoms with Crippen LogP contribution in [0.15, 0.2) is 61.2 Å². The molecule has 120 valence electrons. The van der Waals surface area contributed by atoms with Gasteiger partial charge in [-0.2, -0.15) is 10.4 Å². The number of halogens is 1. The standard InChI is InChI=1S/C18H15FN4O/c1-13(24)18(23-12-21-11-22-23,16-6-8-17(19)9-7-16)15-4-2-14(10-20)3-5-15/h2-9,11-13,24H,1H3. The maximum absolute atomic E-state index is 13.4. The fourth-order valence-corrected chi connectivity index (χ4v) is 3.00. The van der Waals surface area contributed by atoms with Crippen LogP contribution in [0.5, 0.6) is 0 Å². The molecule has 2 aromatic carbocycles. The van der Waals surface area contributed by atoms with Gasteiger partial charge < -0.3 is 5.11 Å². The minimum atomic E-state index is -1.09. The van der Waals surface area contributed by atoms with Gasteiger partial charge in [0.05, 0.1) is 17.7 Å². The molecule has 3 rings (SSSR count). The molecule has 0 bridgehead atoms. The number of nitriles is 1. The van der Waals surface area contributed by atoms with Crippen LogP contribution in [0, 0.1) is 17.1 Å². The highest BCUT2D eigenvalue weighted by molar-refractivity contribution is 5.43. The molecule has 1 aromatic heterocycles. The highest BCUT2D eigenvalue weighted by Gasteiger charge is 2.42. The summed E-state index contributed by atoms with van der Waals surface area (Å²) in [6.07, 6.45) is 2.00. The Balaban J connectivity index is 2.30. The van der Waals surface area contributed by atoms with Crippen LogP contribution in [-0.2, 0) is 5.54 Å².